The van der Waals surface area contributed by atoms with Gasteiger partial charge in [-0.1, -0.05) is 72.8 Å². The van der Waals surface area contributed by atoms with Crippen molar-refractivity contribution in [3.8, 4) is 0 Å². The van der Waals surface area contributed by atoms with Gasteiger partial charge in [-0.2, -0.15) is 0 Å². The van der Waals surface area contributed by atoms with E-state index in [2.05, 4.69) is 70.9 Å². The van der Waals surface area contributed by atoms with Crippen LogP contribution in [0.4, 0.5) is 0 Å². The standard InChI is InChI=1S/C24H31N3O/c28-24(21-25-15-7-13-22-9-3-1-4-10-22)27-19-17-26(18-20-27)16-8-14-23-11-5-2-6-12-23/h1-6,8-12,14,25H,7,13,15-21H2/b14-8+. The molecule has 0 saturated carbocycles. The van der Waals surface area contributed by atoms with Crippen LogP contribution in [0.5, 0.6) is 0 Å². The van der Waals surface area contributed by atoms with Crippen molar-refractivity contribution in [3.05, 3.63) is 77.9 Å². The van der Waals surface area contributed by atoms with Crippen LogP contribution in [0.25, 0.3) is 6.08 Å². The first-order valence-corrected chi connectivity index (χ1v) is 10.3. The van der Waals surface area contributed by atoms with E-state index in [1.165, 1.54) is 11.1 Å². The van der Waals surface area contributed by atoms with Gasteiger partial charge in [0.15, 0.2) is 0 Å². The van der Waals surface area contributed by atoms with E-state index >= 15 is 0 Å². The lowest BCUT2D eigenvalue weighted by Crippen LogP contribution is -2.50. The molecule has 4 nitrogen and oxygen atoms in total. The van der Waals surface area contributed by atoms with Crippen LogP contribution in [0, 0.1) is 0 Å². The minimum Gasteiger partial charge on any atom is -0.339 e. The number of nitrogens with zero attached hydrogens (tertiary/aromatic N) is 2. The first-order chi connectivity index (χ1) is 13.8. The maximum absolute atomic E-state index is 12.4. The average Bonchev–Trinajstić information content (AvgIpc) is 2.75. The molecule has 1 N–H and O–H groups in total. The molecule has 0 bridgehead atoms. The molecule has 2 aromatic rings. The number of hydrogen-bond acceptors (Lipinski definition) is 3. The fourth-order valence-electron chi connectivity index (χ4n) is 3.45. The largest absolute Gasteiger partial charge is 0.339 e. The summed E-state index contributed by atoms with van der Waals surface area (Å²) in [5.41, 5.74) is 2.59. The zero-order valence-corrected chi connectivity index (χ0v) is 16.6. The lowest BCUT2D eigenvalue weighted by atomic mass is 10.1. The van der Waals surface area contributed by atoms with Gasteiger partial charge in [-0.05, 0) is 30.5 Å². The van der Waals surface area contributed by atoms with E-state index in [4.69, 9.17) is 0 Å². The predicted octanol–water partition coefficient (Wildman–Crippen LogP) is 3.07. The molecule has 28 heavy (non-hydrogen) atoms. The number of rotatable bonds is 9. The van der Waals surface area contributed by atoms with Gasteiger partial charge >= 0.3 is 0 Å². The number of hydrogen-bond donors (Lipinski definition) is 1. The molecule has 0 spiro atoms. The fraction of sp³-hybridized carbons (Fsp3) is 0.375. The monoisotopic (exact) mass is 377 g/mol. The number of carbonyl (C=O) groups excluding carboxylic acids is 1. The minimum atomic E-state index is 0.221. The number of aryl methyl sites for hydroxylation is 1. The predicted molar refractivity (Wildman–Crippen MR) is 116 cm³/mol. The van der Waals surface area contributed by atoms with Gasteiger partial charge in [0.2, 0.25) is 5.91 Å². The Morgan fingerprint density at radius 1 is 0.929 bits per heavy atom. The maximum Gasteiger partial charge on any atom is 0.236 e. The molecule has 0 aromatic heterocycles. The Morgan fingerprint density at radius 3 is 2.32 bits per heavy atom. The van der Waals surface area contributed by atoms with Crippen LogP contribution >= 0.6 is 0 Å². The zero-order valence-electron chi connectivity index (χ0n) is 16.6. The summed E-state index contributed by atoms with van der Waals surface area (Å²) >= 11 is 0. The molecule has 1 fully saturated rings. The van der Waals surface area contributed by atoms with Crippen LogP contribution in [0.1, 0.15) is 17.5 Å². The molecule has 148 valence electrons. The Hall–Kier alpha value is -2.43. The Morgan fingerprint density at radius 2 is 1.61 bits per heavy atom. The van der Waals surface area contributed by atoms with Crippen molar-refractivity contribution in [2.45, 2.75) is 12.8 Å². The minimum absolute atomic E-state index is 0.221. The van der Waals surface area contributed by atoms with Gasteiger partial charge in [-0.3, -0.25) is 9.69 Å². The van der Waals surface area contributed by atoms with Gasteiger partial charge in [0.1, 0.15) is 0 Å². The van der Waals surface area contributed by atoms with E-state index in [-0.39, 0.29) is 5.91 Å². The van der Waals surface area contributed by atoms with Crippen LogP contribution in [0.15, 0.2) is 66.7 Å². The smallest absolute Gasteiger partial charge is 0.236 e. The Kier molecular flexibility index (Phi) is 8.28. The molecule has 1 heterocycles. The van der Waals surface area contributed by atoms with Gasteiger partial charge < -0.3 is 10.2 Å². The van der Waals surface area contributed by atoms with Crippen LogP contribution in [0.2, 0.25) is 0 Å². The molecule has 0 radical (unpaired) electrons. The molecule has 0 aliphatic carbocycles. The number of amides is 1. The second-order valence-corrected chi connectivity index (χ2v) is 7.26. The van der Waals surface area contributed by atoms with Crippen LogP contribution < -0.4 is 5.32 Å². The number of carbonyl (C=O) groups is 1. The number of piperazine rings is 1. The van der Waals surface area contributed by atoms with Crippen molar-refractivity contribution in [3.63, 3.8) is 0 Å². The molecule has 1 aliphatic rings. The second-order valence-electron chi connectivity index (χ2n) is 7.26. The van der Waals surface area contributed by atoms with E-state index < -0.39 is 0 Å². The van der Waals surface area contributed by atoms with Crippen molar-refractivity contribution >= 4 is 12.0 Å². The molecule has 0 unspecified atom stereocenters. The van der Waals surface area contributed by atoms with Crippen LogP contribution in [0.3, 0.4) is 0 Å². The third-order valence-electron chi connectivity index (χ3n) is 5.14. The van der Waals surface area contributed by atoms with Crippen molar-refractivity contribution in [1.29, 1.82) is 0 Å². The second kappa shape index (κ2) is 11.4. The van der Waals surface area contributed by atoms with Crippen molar-refractivity contribution in [2.24, 2.45) is 0 Å². The third-order valence-corrected chi connectivity index (χ3v) is 5.14. The highest BCUT2D eigenvalue weighted by Gasteiger charge is 2.19. The van der Waals surface area contributed by atoms with Crippen molar-refractivity contribution in [2.75, 3.05) is 45.8 Å². The van der Waals surface area contributed by atoms with Gasteiger partial charge in [0.25, 0.3) is 0 Å². The normalized spacial score (nSPS) is 15.2. The number of benzene rings is 2. The molecule has 4 heteroatoms. The fourth-order valence-corrected chi connectivity index (χ4v) is 3.45. The SMILES string of the molecule is O=C(CNCCCc1ccccc1)N1CCN(C/C=C/c2ccccc2)CC1. The molecule has 1 aliphatic heterocycles. The summed E-state index contributed by atoms with van der Waals surface area (Å²) in [4.78, 5) is 16.8. The molecular formula is C24H31N3O. The molecule has 0 atom stereocenters. The molecule has 1 amide bonds. The van der Waals surface area contributed by atoms with E-state index in [1.807, 2.05) is 17.0 Å². The Balaban J connectivity index is 1.27. The quantitative estimate of drug-likeness (QED) is 0.682. The van der Waals surface area contributed by atoms with E-state index in [1.54, 1.807) is 0 Å². The average molecular weight is 378 g/mol. The maximum atomic E-state index is 12.4. The molecule has 1 saturated heterocycles. The molecule has 2 aromatic carbocycles. The van der Waals surface area contributed by atoms with Gasteiger partial charge in [-0.15, -0.1) is 0 Å². The summed E-state index contributed by atoms with van der Waals surface area (Å²) in [5, 5.41) is 3.30. The molecular weight excluding hydrogens is 346 g/mol. The highest BCUT2D eigenvalue weighted by atomic mass is 16.2. The Bertz CT molecular complexity index is 722. The van der Waals surface area contributed by atoms with Crippen molar-refractivity contribution in [1.82, 2.24) is 15.1 Å². The summed E-state index contributed by atoms with van der Waals surface area (Å²) < 4.78 is 0. The van der Waals surface area contributed by atoms with Crippen LogP contribution in [-0.2, 0) is 11.2 Å². The third kappa shape index (κ3) is 6.95. The number of nitrogens with one attached hydrogen (secondary N) is 1. The summed E-state index contributed by atoms with van der Waals surface area (Å²) in [6.07, 6.45) is 6.48. The Labute approximate surface area is 168 Å². The van der Waals surface area contributed by atoms with E-state index in [9.17, 15) is 4.79 Å². The van der Waals surface area contributed by atoms with Crippen LogP contribution in [-0.4, -0.2) is 61.5 Å². The first-order valence-electron chi connectivity index (χ1n) is 10.3. The lowest BCUT2D eigenvalue weighted by molar-refractivity contribution is -0.131. The lowest BCUT2D eigenvalue weighted by Gasteiger charge is -2.34. The highest BCUT2D eigenvalue weighted by Crippen LogP contribution is 2.05. The van der Waals surface area contributed by atoms with Gasteiger partial charge in [0, 0.05) is 32.7 Å². The summed E-state index contributed by atoms with van der Waals surface area (Å²) in [6.45, 7) is 5.80. The summed E-state index contributed by atoms with van der Waals surface area (Å²) in [6, 6.07) is 20.9. The van der Waals surface area contributed by atoms with Gasteiger partial charge in [-0.25, -0.2) is 0 Å². The highest BCUT2D eigenvalue weighted by molar-refractivity contribution is 5.78. The summed E-state index contributed by atoms with van der Waals surface area (Å²) in [7, 11) is 0. The topological polar surface area (TPSA) is 35.6 Å². The first kappa shape index (κ1) is 20.3. The summed E-state index contributed by atoms with van der Waals surface area (Å²) in [5.74, 6) is 0.221. The van der Waals surface area contributed by atoms with E-state index in [0.717, 1.165) is 52.1 Å². The molecule has 3 rings (SSSR count). The zero-order chi connectivity index (χ0) is 19.4. The van der Waals surface area contributed by atoms with E-state index in [0.29, 0.717) is 6.54 Å². The van der Waals surface area contributed by atoms with Crippen molar-refractivity contribution < 1.29 is 4.79 Å². The van der Waals surface area contributed by atoms with Gasteiger partial charge in [0.05, 0.1) is 6.54 Å².